The normalized spacial score (nSPS) is 14.0. The van der Waals surface area contributed by atoms with E-state index in [2.05, 4.69) is 15.3 Å². The van der Waals surface area contributed by atoms with Crippen LogP contribution in [0.25, 0.3) is 10.8 Å². The molecule has 0 saturated heterocycles. The number of nitrogens with zero attached hydrogens (tertiary/aromatic N) is 2. The number of hydrogen-bond donors (Lipinski definition) is 2. The predicted molar refractivity (Wildman–Crippen MR) is 96.4 cm³/mol. The largest absolute Gasteiger partial charge is 0.490 e. The second kappa shape index (κ2) is 7.21. The third-order valence-electron chi connectivity index (χ3n) is 3.86. The van der Waals surface area contributed by atoms with E-state index in [0.717, 1.165) is 5.39 Å². The summed E-state index contributed by atoms with van der Waals surface area (Å²) in [6, 6.07) is 9.84. The van der Waals surface area contributed by atoms with Crippen molar-refractivity contribution in [3.05, 3.63) is 53.9 Å². The van der Waals surface area contributed by atoms with Gasteiger partial charge < -0.3 is 15.2 Å². The first kappa shape index (κ1) is 19.2. The molecule has 0 aliphatic carbocycles. The Morgan fingerprint density at radius 3 is 2.59 bits per heavy atom. The second-order valence-electron chi connectivity index (χ2n) is 6.10. The van der Waals surface area contributed by atoms with Crippen molar-refractivity contribution >= 4 is 33.9 Å². The number of fused-ring (bicyclic) bond motifs is 1. The fraction of sp³-hybridized carbons (Fsp3) is 0.222. The monoisotopic (exact) mass is 397 g/mol. The number of alkyl halides is 3. The van der Waals surface area contributed by atoms with Gasteiger partial charge in [-0.3, -0.25) is 0 Å². The molecule has 0 unspecified atom stereocenters. The number of aromatic nitrogens is 2. The van der Waals surface area contributed by atoms with Crippen molar-refractivity contribution in [3.63, 3.8) is 0 Å². The second-order valence-corrected chi connectivity index (χ2v) is 6.48. The third kappa shape index (κ3) is 4.40. The average Bonchev–Trinajstić information content (AvgIpc) is 2.61. The molecule has 0 fully saturated rings. The SMILES string of the molecule is C[C@](O)(COc1ccc2c(Nc3ccc(Cl)nc3)nccc2c1)C(F)(F)F. The molecule has 1 aromatic carbocycles. The van der Waals surface area contributed by atoms with Gasteiger partial charge in [-0.1, -0.05) is 11.6 Å². The summed E-state index contributed by atoms with van der Waals surface area (Å²) in [7, 11) is 0. The number of aliphatic hydroxyl groups is 1. The average molecular weight is 398 g/mol. The van der Waals surface area contributed by atoms with Gasteiger partial charge in [0.25, 0.3) is 0 Å². The van der Waals surface area contributed by atoms with Gasteiger partial charge in [-0.15, -0.1) is 0 Å². The van der Waals surface area contributed by atoms with Crippen LogP contribution in [-0.2, 0) is 0 Å². The molecule has 1 atom stereocenters. The molecule has 3 aromatic rings. The number of pyridine rings is 2. The van der Waals surface area contributed by atoms with Gasteiger partial charge in [0, 0.05) is 11.6 Å². The summed E-state index contributed by atoms with van der Waals surface area (Å²) in [5, 5.41) is 14.4. The van der Waals surface area contributed by atoms with Gasteiger partial charge in [-0.05, 0) is 48.7 Å². The maximum Gasteiger partial charge on any atom is 0.420 e. The zero-order chi connectivity index (χ0) is 19.7. The van der Waals surface area contributed by atoms with Gasteiger partial charge >= 0.3 is 6.18 Å². The lowest BCUT2D eigenvalue weighted by atomic mass is 10.1. The first-order chi connectivity index (χ1) is 12.7. The predicted octanol–water partition coefficient (Wildman–Crippen LogP) is 4.72. The quantitative estimate of drug-likeness (QED) is 0.610. The molecule has 142 valence electrons. The van der Waals surface area contributed by atoms with E-state index in [0.29, 0.717) is 29.0 Å². The van der Waals surface area contributed by atoms with E-state index in [4.69, 9.17) is 16.3 Å². The highest BCUT2D eigenvalue weighted by atomic mass is 35.5. The Bertz CT molecular complexity index is 947. The summed E-state index contributed by atoms with van der Waals surface area (Å²) < 4.78 is 43.3. The number of ether oxygens (including phenoxy) is 1. The Kier molecular flexibility index (Phi) is 5.12. The van der Waals surface area contributed by atoms with Gasteiger partial charge in [0.2, 0.25) is 0 Å². The number of hydrogen-bond acceptors (Lipinski definition) is 5. The van der Waals surface area contributed by atoms with Crippen LogP contribution in [0, 0.1) is 0 Å². The van der Waals surface area contributed by atoms with E-state index in [1.807, 2.05) is 0 Å². The van der Waals surface area contributed by atoms with Gasteiger partial charge in [0.1, 0.15) is 23.3 Å². The van der Waals surface area contributed by atoms with Crippen LogP contribution in [0.4, 0.5) is 24.7 Å². The van der Waals surface area contributed by atoms with Crippen molar-refractivity contribution in [2.45, 2.75) is 18.7 Å². The van der Waals surface area contributed by atoms with E-state index in [1.165, 1.54) is 6.07 Å². The molecule has 0 amide bonds. The molecular formula is C18H15ClF3N3O2. The molecule has 0 aliphatic heterocycles. The van der Waals surface area contributed by atoms with E-state index in [-0.39, 0.29) is 5.75 Å². The van der Waals surface area contributed by atoms with Gasteiger partial charge in [-0.2, -0.15) is 13.2 Å². The van der Waals surface area contributed by atoms with Crippen LogP contribution in [0.3, 0.4) is 0 Å². The maximum absolute atomic E-state index is 12.7. The highest BCUT2D eigenvalue weighted by Gasteiger charge is 2.50. The lowest BCUT2D eigenvalue weighted by Crippen LogP contribution is -2.47. The minimum Gasteiger partial charge on any atom is -0.490 e. The zero-order valence-corrected chi connectivity index (χ0v) is 14.8. The lowest BCUT2D eigenvalue weighted by molar-refractivity contribution is -0.260. The Balaban J connectivity index is 1.81. The first-order valence-electron chi connectivity index (χ1n) is 7.85. The third-order valence-corrected chi connectivity index (χ3v) is 4.08. The summed E-state index contributed by atoms with van der Waals surface area (Å²) in [6.07, 6.45) is -1.67. The molecule has 27 heavy (non-hydrogen) atoms. The molecule has 2 N–H and O–H groups in total. The number of benzene rings is 1. The molecular weight excluding hydrogens is 383 g/mol. The topological polar surface area (TPSA) is 67.3 Å². The van der Waals surface area contributed by atoms with Crippen LogP contribution < -0.4 is 10.1 Å². The highest BCUT2D eigenvalue weighted by Crippen LogP contribution is 2.32. The Hall–Kier alpha value is -2.58. The summed E-state index contributed by atoms with van der Waals surface area (Å²) in [4.78, 5) is 8.25. The number of anilines is 2. The molecule has 9 heteroatoms. The van der Waals surface area contributed by atoms with Crippen LogP contribution in [-0.4, -0.2) is 33.5 Å². The molecule has 0 spiro atoms. The van der Waals surface area contributed by atoms with Crippen molar-refractivity contribution in [3.8, 4) is 5.75 Å². The van der Waals surface area contributed by atoms with Crippen molar-refractivity contribution in [1.29, 1.82) is 0 Å². The molecule has 2 heterocycles. The van der Waals surface area contributed by atoms with Crippen molar-refractivity contribution < 1.29 is 23.0 Å². The van der Waals surface area contributed by atoms with Gasteiger partial charge in [0.05, 0.1) is 11.9 Å². The molecule has 5 nitrogen and oxygen atoms in total. The number of halogens is 4. The molecule has 3 rings (SSSR count). The van der Waals surface area contributed by atoms with Crippen LogP contribution in [0.5, 0.6) is 5.75 Å². The Labute approximate surface area is 157 Å². The summed E-state index contributed by atoms with van der Waals surface area (Å²) in [6.45, 7) is -0.241. The fourth-order valence-electron chi connectivity index (χ4n) is 2.24. The van der Waals surface area contributed by atoms with E-state index >= 15 is 0 Å². The molecule has 0 bridgehead atoms. The molecule has 0 radical (unpaired) electrons. The zero-order valence-electron chi connectivity index (χ0n) is 14.1. The molecule has 0 aliphatic rings. The Morgan fingerprint density at radius 1 is 1.15 bits per heavy atom. The van der Waals surface area contributed by atoms with Crippen LogP contribution in [0.1, 0.15) is 6.92 Å². The summed E-state index contributed by atoms with van der Waals surface area (Å²) in [5.74, 6) is 0.753. The van der Waals surface area contributed by atoms with Gasteiger partial charge in [0.15, 0.2) is 5.60 Å². The van der Waals surface area contributed by atoms with E-state index < -0.39 is 18.4 Å². The van der Waals surface area contributed by atoms with Gasteiger partial charge in [-0.25, -0.2) is 9.97 Å². The van der Waals surface area contributed by atoms with Crippen LogP contribution >= 0.6 is 11.6 Å². The smallest absolute Gasteiger partial charge is 0.420 e. The lowest BCUT2D eigenvalue weighted by Gasteiger charge is -2.26. The van der Waals surface area contributed by atoms with Crippen LogP contribution in [0.15, 0.2) is 48.8 Å². The van der Waals surface area contributed by atoms with Crippen molar-refractivity contribution in [2.24, 2.45) is 0 Å². The molecule has 2 aromatic heterocycles. The van der Waals surface area contributed by atoms with Crippen LogP contribution in [0.2, 0.25) is 5.15 Å². The standard InChI is InChI=1S/C18H15ClF3N3O2/c1-17(26,18(20,21)22)10-27-13-3-4-14-11(8-13)6-7-23-16(14)25-12-2-5-15(19)24-9-12/h2-9,26H,10H2,1H3,(H,23,25)/t17-/m0/s1. The first-order valence-corrected chi connectivity index (χ1v) is 8.23. The minimum absolute atomic E-state index is 0.206. The maximum atomic E-state index is 12.7. The van der Waals surface area contributed by atoms with E-state index in [1.54, 1.807) is 42.7 Å². The van der Waals surface area contributed by atoms with E-state index in [9.17, 15) is 18.3 Å². The van der Waals surface area contributed by atoms with Crippen molar-refractivity contribution in [1.82, 2.24) is 9.97 Å². The van der Waals surface area contributed by atoms with Crippen molar-refractivity contribution in [2.75, 3.05) is 11.9 Å². The number of nitrogens with one attached hydrogen (secondary N) is 1. The minimum atomic E-state index is -4.78. The number of rotatable bonds is 5. The summed E-state index contributed by atoms with van der Waals surface area (Å²) >= 11 is 5.76. The highest BCUT2D eigenvalue weighted by molar-refractivity contribution is 6.29. The fourth-order valence-corrected chi connectivity index (χ4v) is 2.35. The Morgan fingerprint density at radius 2 is 1.93 bits per heavy atom. The molecule has 0 saturated carbocycles. The summed E-state index contributed by atoms with van der Waals surface area (Å²) in [5.41, 5.74) is -2.25.